The number of thiophene rings is 1. The fourth-order valence-corrected chi connectivity index (χ4v) is 4.17. The molecule has 0 unspecified atom stereocenters. The zero-order chi connectivity index (χ0) is 16.6. The molecule has 0 saturated carbocycles. The highest BCUT2D eigenvalue weighted by Gasteiger charge is 2.23. The summed E-state index contributed by atoms with van der Waals surface area (Å²) in [6.45, 7) is 3.33. The minimum atomic E-state index is -0.471. The van der Waals surface area contributed by atoms with Crippen LogP contribution < -0.4 is 16.4 Å². The molecule has 0 saturated heterocycles. The summed E-state index contributed by atoms with van der Waals surface area (Å²) in [5.41, 5.74) is 5.34. The van der Waals surface area contributed by atoms with Crippen LogP contribution in [0.2, 0.25) is 0 Å². The minimum absolute atomic E-state index is 0.178. The van der Waals surface area contributed by atoms with Crippen molar-refractivity contribution in [1.29, 1.82) is 0 Å². The maximum absolute atomic E-state index is 12.7. The normalized spacial score (nSPS) is 16.9. The number of hydrazine groups is 1. The third kappa shape index (κ3) is 3.12. The zero-order valence-corrected chi connectivity index (χ0v) is 13.8. The highest BCUT2D eigenvalue weighted by Crippen LogP contribution is 2.35. The molecule has 0 radical (unpaired) electrons. The molecule has 2 N–H and O–H groups in total. The largest absolute Gasteiger partial charge is 0.289 e. The molecule has 2 aromatic rings. The van der Waals surface area contributed by atoms with Crippen LogP contribution in [0.15, 0.2) is 11.1 Å². The summed E-state index contributed by atoms with van der Waals surface area (Å²) >= 11 is 1.58. The number of amides is 2. The third-order valence-electron chi connectivity index (χ3n) is 3.97. The number of hydrogen-bond donors (Lipinski definition) is 2. The van der Waals surface area contributed by atoms with Crippen molar-refractivity contribution in [1.82, 2.24) is 20.4 Å². The summed E-state index contributed by atoms with van der Waals surface area (Å²) < 4.78 is 1.28. The molecule has 8 heteroatoms. The Morgan fingerprint density at radius 1 is 1.43 bits per heavy atom. The van der Waals surface area contributed by atoms with Crippen LogP contribution in [0.3, 0.4) is 0 Å². The molecule has 2 amide bonds. The van der Waals surface area contributed by atoms with Crippen molar-refractivity contribution >= 4 is 33.4 Å². The van der Waals surface area contributed by atoms with Crippen LogP contribution in [0.4, 0.5) is 0 Å². The Labute approximate surface area is 136 Å². The second-order valence-corrected chi connectivity index (χ2v) is 7.02. The maximum atomic E-state index is 12.7. The number of carbonyl (C=O) groups is 2. The van der Waals surface area contributed by atoms with Crippen LogP contribution in [-0.2, 0) is 29.0 Å². The van der Waals surface area contributed by atoms with Crippen molar-refractivity contribution in [3.8, 4) is 0 Å². The van der Waals surface area contributed by atoms with Crippen molar-refractivity contribution in [3.63, 3.8) is 0 Å². The van der Waals surface area contributed by atoms with E-state index in [1.54, 1.807) is 11.3 Å². The predicted octanol–water partition coefficient (Wildman–Crippen LogP) is 0.750. The van der Waals surface area contributed by atoms with E-state index in [1.807, 2.05) is 0 Å². The molecule has 1 aliphatic rings. The van der Waals surface area contributed by atoms with Gasteiger partial charge in [-0.05, 0) is 30.7 Å². The molecular weight excluding hydrogens is 316 g/mol. The van der Waals surface area contributed by atoms with Gasteiger partial charge in [-0.2, -0.15) is 0 Å². The molecule has 2 aromatic heterocycles. The van der Waals surface area contributed by atoms with Crippen LogP contribution in [0.1, 0.15) is 30.7 Å². The molecule has 1 aliphatic carbocycles. The summed E-state index contributed by atoms with van der Waals surface area (Å²) in [5, 5.41) is 0.645. The SMILES string of the molecule is CC(=O)NNC(=O)Cn1cnc2sc3c(c2c1=O)CC[C@@H](C)C3. The highest BCUT2D eigenvalue weighted by atomic mass is 32.1. The van der Waals surface area contributed by atoms with Crippen molar-refractivity contribution in [2.24, 2.45) is 5.92 Å². The highest BCUT2D eigenvalue weighted by molar-refractivity contribution is 7.18. The van der Waals surface area contributed by atoms with Gasteiger partial charge in [-0.1, -0.05) is 6.92 Å². The zero-order valence-electron chi connectivity index (χ0n) is 13.0. The lowest BCUT2D eigenvalue weighted by Crippen LogP contribution is -2.43. The lowest BCUT2D eigenvalue weighted by Gasteiger charge is -2.17. The summed E-state index contributed by atoms with van der Waals surface area (Å²) in [5.74, 6) is -0.220. The molecule has 0 bridgehead atoms. The first-order valence-electron chi connectivity index (χ1n) is 7.50. The molecular formula is C15H18N4O3S. The first kappa shape index (κ1) is 15.7. The third-order valence-corrected chi connectivity index (χ3v) is 5.14. The molecule has 3 rings (SSSR count). The standard InChI is InChI=1S/C15H18N4O3S/c1-8-3-4-10-11(5-8)23-14-13(10)15(22)19(7-16-14)6-12(21)18-17-9(2)20/h7-8H,3-6H2,1-2H3,(H,17,20)(H,18,21)/t8-/m1/s1. The van der Waals surface area contributed by atoms with E-state index in [1.165, 1.54) is 22.7 Å². The smallest absolute Gasteiger partial charge is 0.262 e. The van der Waals surface area contributed by atoms with Crippen LogP contribution >= 0.6 is 11.3 Å². The van der Waals surface area contributed by atoms with Gasteiger partial charge in [0.1, 0.15) is 11.4 Å². The number of nitrogens with one attached hydrogen (secondary N) is 2. The lowest BCUT2D eigenvalue weighted by atomic mass is 9.89. The second-order valence-electron chi connectivity index (χ2n) is 5.94. The van der Waals surface area contributed by atoms with Gasteiger partial charge in [-0.15, -0.1) is 11.3 Å². The van der Waals surface area contributed by atoms with Crippen LogP contribution in [0, 0.1) is 5.92 Å². The average Bonchev–Trinajstić information content (AvgIpc) is 2.86. The molecule has 0 fully saturated rings. The van der Waals surface area contributed by atoms with Crippen molar-refractivity contribution in [3.05, 3.63) is 27.1 Å². The Morgan fingerprint density at radius 3 is 2.96 bits per heavy atom. The van der Waals surface area contributed by atoms with E-state index in [-0.39, 0.29) is 18.0 Å². The van der Waals surface area contributed by atoms with Gasteiger partial charge in [0, 0.05) is 11.8 Å². The van der Waals surface area contributed by atoms with E-state index in [0.29, 0.717) is 11.3 Å². The number of hydrogen-bond acceptors (Lipinski definition) is 5. The molecule has 2 heterocycles. The van der Waals surface area contributed by atoms with Crippen molar-refractivity contribution in [2.75, 3.05) is 0 Å². The number of aromatic nitrogens is 2. The molecule has 23 heavy (non-hydrogen) atoms. The first-order chi connectivity index (χ1) is 11.0. The Morgan fingerprint density at radius 2 is 2.22 bits per heavy atom. The van der Waals surface area contributed by atoms with E-state index in [9.17, 15) is 14.4 Å². The van der Waals surface area contributed by atoms with E-state index in [4.69, 9.17) is 0 Å². The Kier molecular flexibility index (Phi) is 4.16. The van der Waals surface area contributed by atoms with Crippen LogP contribution in [0.25, 0.3) is 10.2 Å². The molecule has 1 atom stereocenters. The lowest BCUT2D eigenvalue weighted by molar-refractivity contribution is -0.128. The Hall–Kier alpha value is -2.22. The van der Waals surface area contributed by atoms with E-state index in [0.717, 1.165) is 29.7 Å². The van der Waals surface area contributed by atoms with Gasteiger partial charge in [0.2, 0.25) is 5.91 Å². The molecule has 7 nitrogen and oxygen atoms in total. The quantitative estimate of drug-likeness (QED) is 0.793. The number of aryl methyl sites for hydroxylation is 1. The van der Waals surface area contributed by atoms with Gasteiger partial charge in [0.15, 0.2) is 0 Å². The summed E-state index contributed by atoms with van der Waals surface area (Å²) in [4.78, 5) is 41.5. The second kappa shape index (κ2) is 6.11. The predicted molar refractivity (Wildman–Crippen MR) is 87.0 cm³/mol. The number of carbonyl (C=O) groups excluding carboxylic acids is 2. The van der Waals surface area contributed by atoms with E-state index in [2.05, 4.69) is 22.8 Å². The summed E-state index contributed by atoms with van der Waals surface area (Å²) in [6.07, 6.45) is 4.33. The fraction of sp³-hybridized carbons (Fsp3) is 0.467. The fourth-order valence-electron chi connectivity index (χ4n) is 2.83. The number of fused-ring (bicyclic) bond motifs is 3. The van der Waals surface area contributed by atoms with Gasteiger partial charge in [0.25, 0.3) is 11.5 Å². The first-order valence-corrected chi connectivity index (χ1v) is 8.32. The van der Waals surface area contributed by atoms with E-state index >= 15 is 0 Å². The topological polar surface area (TPSA) is 93.1 Å². The summed E-state index contributed by atoms with van der Waals surface area (Å²) in [7, 11) is 0. The molecule has 0 aliphatic heterocycles. The molecule has 122 valence electrons. The van der Waals surface area contributed by atoms with Gasteiger partial charge in [0.05, 0.1) is 11.7 Å². The number of rotatable bonds is 2. The van der Waals surface area contributed by atoms with Crippen LogP contribution in [-0.4, -0.2) is 21.4 Å². The molecule has 0 spiro atoms. The van der Waals surface area contributed by atoms with Crippen molar-refractivity contribution in [2.45, 2.75) is 39.7 Å². The van der Waals surface area contributed by atoms with Gasteiger partial charge < -0.3 is 0 Å². The maximum Gasteiger partial charge on any atom is 0.262 e. The Balaban J connectivity index is 1.91. The number of nitrogens with zero attached hydrogens (tertiary/aromatic N) is 2. The average molecular weight is 334 g/mol. The summed E-state index contributed by atoms with van der Waals surface area (Å²) in [6, 6.07) is 0. The Bertz CT molecular complexity index is 839. The van der Waals surface area contributed by atoms with Crippen LogP contribution in [0.5, 0.6) is 0 Å². The monoisotopic (exact) mass is 334 g/mol. The van der Waals surface area contributed by atoms with E-state index < -0.39 is 5.91 Å². The van der Waals surface area contributed by atoms with Gasteiger partial charge in [-0.3, -0.25) is 29.8 Å². The van der Waals surface area contributed by atoms with Gasteiger partial charge >= 0.3 is 0 Å². The van der Waals surface area contributed by atoms with Gasteiger partial charge in [-0.25, -0.2) is 4.98 Å². The minimum Gasteiger partial charge on any atom is -0.289 e. The van der Waals surface area contributed by atoms with Crippen molar-refractivity contribution < 1.29 is 9.59 Å². The molecule has 0 aromatic carbocycles.